The van der Waals surface area contributed by atoms with Crippen LogP contribution in [0.3, 0.4) is 0 Å². The Hall–Kier alpha value is 0.420. The number of rotatable bonds is 0. The lowest BCUT2D eigenvalue weighted by Crippen LogP contribution is -1.68. The SMILES string of the molecule is Pc1ccc(Cl)s1. The Morgan fingerprint density at radius 3 is 2.43 bits per heavy atom. The molecule has 0 saturated heterocycles. The first-order valence-electron chi connectivity index (χ1n) is 1.80. The van der Waals surface area contributed by atoms with Crippen LogP contribution in [0.2, 0.25) is 4.34 Å². The van der Waals surface area contributed by atoms with Crippen molar-refractivity contribution >= 4 is 36.8 Å². The lowest BCUT2D eigenvalue weighted by atomic mass is 10.7. The molecule has 0 radical (unpaired) electrons. The molecule has 0 aliphatic rings. The van der Waals surface area contributed by atoms with E-state index < -0.39 is 0 Å². The summed E-state index contributed by atoms with van der Waals surface area (Å²) in [5.74, 6) is 0. The van der Waals surface area contributed by atoms with E-state index in [4.69, 9.17) is 11.6 Å². The van der Waals surface area contributed by atoms with E-state index in [1.54, 1.807) is 11.3 Å². The molecule has 0 aromatic carbocycles. The van der Waals surface area contributed by atoms with E-state index in [2.05, 4.69) is 9.24 Å². The summed E-state index contributed by atoms with van der Waals surface area (Å²) in [6.45, 7) is 0. The summed E-state index contributed by atoms with van der Waals surface area (Å²) in [4.78, 5) is 0. The predicted molar refractivity (Wildman–Crippen MR) is 38.7 cm³/mol. The molecule has 1 unspecified atom stereocenters. The van der Waals surface area contributed by atoms with Gasteiger partial charge < -0.3 is 0 Å². The van der Waals surface area contributed by atoms with Gasteiger partial charge in [-0.15, -0.1) is 11.3 Å². The molecular formula is C4H4ClPS. The van der Waals surface area contributed by atoms with Crippen LogP contribution in [-0.2, 0) is 0 Å². The van der Waals surface area contributed by atoms with Gasteiger partial charge >= 0.3 is 0 Å². The van der Waals surface area contributed by atoms with Gasteiger partial charge in [-0.2, -0.15) is 0 Å². The van der Waals surface area contributed by atoms with Crippen LogP contribution in [0.1, 0.15) is 0 Å². The van der Waals surface area contributed by atoms with Gasteiger partial charge in [0.2, 0.25) is 0 Å². The van der Waals surface area contributed by atoms with Gasteiger partial charge in [-0.05, 0) is 12.1 Å². The fourth-order valence-electron chi connectivity index (χ4n) is 0.328. The van der Waals surface area contributed by atoms with Gasteiger partial charge in [0.25, 0.3) is 0 Å². The number of hydrogen-bond acceptors (Lipinski definition) is 1. The molecule has 0 saturated carbocycles. The average molecular weight is 151 g/mol. The maximum atomic E-state index is 5.57. The van der Waals surface area contributed by atoms with Crippen LogP contribution in [0.25, 0.3) is 0 Å². The zero-order chi connectivity index (χ0) is 5.28. The van der Waals surface area contributed by atoms with E-state index in [9.17, 15) is 0 Å². The minimum atomic E-state index is 0.852. The Morgan fingerprint density at radius 2 is 2.29 bits per heavy atom. The molecule has 0 N–H and O–H groups in total. The summed E-state index contributed by atoms with van der Waals surface area (Å²) in [5.41, 5.74) is 0. The molecule has 3 heteroatoms. The molecule has 1 aromatic heterocycles. The van der Waals surface area contributed by atoms with Gasteiger partial charge in [-0.3, -0.25) is 0 Å². The fraction of sp³-hybridized carbons (Fsp3) is 0. The zero-order valence-electron chi connectivity index (χ0n) is 3.52. The topological polar surface area (TPSA) is 0 Å². The normalized spacial score (nSPS) is 9.43. The van der Waals surface area contributed by atoms with Gasteiger partial charge in [-0.25, -0.2) is 0 Å². The first-order chi connectivity index (χ1) is 3.29. The van der Waals surface area contributed by atoms with Gasteiger partial charge in [0, 0.05) is 4.62 Å². The largest absolute Gasteiger partial charge is 0.124 e. The van der Waals surface area contributed by atoms with Crippen LogP contribution in [0.4, 0.5) is 0 Å². The maximum absolute atomic E-state index is 5.57. The summed E-state index contributed by atoms with van der Waals surface area (Å²) < 4.78 is 2.04. The molecule has 0 aliphatic carbocycles. The lowest BCUT2D eigenvalue weighted by molar-refractivity contribution is 2.07. The Bertz CT molecular complexity index is 144. The monoisotopic (exact) mass is 150 g/mol. The van der Waals surface area contributed by atoms with Crippen molar-refractivity contribution in [3.05, 3.63) is 16.5 Å². The third-order valence-corrected chi connectivity index (χ3v) is 2.20. The zero-order valence-corrected chi connectivity index (χ0v) is 6.25. The summed E-state index contributed by atoms with van der Waals surface area (Å²) in [7, 11) is 2.58. The molecular weight excluding hydrogens is 147 g/mol. The number of thiophene rings is 1. The molecule has 0 spiro atoms. The van der Waals surface area contributed by atoms with Gasteiger partial charge in [0.05, 0.1) is 4.34 Å². The highest BCUT2D eigenvalue weighted by Gasteiger charge is 1.86. The summed E-state index contributed by atoms with van der Waals surface area (Å²) >= 11 is 7.14. The molecule has 0 nitrogen and oxygen atoms in total. The van der Waals surface area contributed by atoms with Crippen molar-refractivity contribution in [3.8, 4) is 0 Å². The number of halogens is 1. The van der Waals surface area contributed by atoms with E-state index in [0.717, 1.165) is 4.34 Å². The van der Waals surface area contributed by atoms with Crippen LogP contribution in [0.5, 0.6) is 0 Å². The third-order valence-electron chi connectivity index (χ3n) is 0.594. The van der Waals surface area contributed by atoms with Crippen molar-refractivity contribution in [2.24, 2.45) is 0 Å². The predicted octanol–water partition coefficient (Wildman–Crippen LogP) is 1.90. The van der Waals surface area contributed by atoms with Gasteiger partial charge in [0.1, 0.15) is 0 Å². The minimum Gasteiger partial charge on any atom is -0.124 e. The van der Waals surface area contributed by atoms with Gasteiger partial charge in [0.15, 0.2) is 0 Å². The van der Waals surface area contributed by atoms with Crippen LogP contribution in [0.15, 0.2) is 12.1 Å². The molecule has 0 bridgehead atoms. The molecule has 1 atom stereocenters. The summed E-state index contributed by atoms with van der Waals surface area (Å²) in [6.07, 6.45) is 0. The standard InChI is InChI=1S/C4H4ClPS/c5-3-1-2-4(6)7-3/h1-2H,6H2. The molecule has 1 aromatic rings. The molecule has 1 heterocycles. The average Bonchev–Trinajstić information content (AvgIpc) is 1.87. The second-order valence-corrected chi connectivity index (χ2v) is 3.93. The van der Waals surface area contributed by atoms with E-state index >= 15 is 0 Å². The molecule has 7 heavy (non-hydrogen) atoms. The van der Waals surface area contributed by atoms with E-state index in [1.807, 2.05) is 12.1 Å². The maximum Gasteiger partial charge on any atom is 0.0934 e. The van der Waals surface area contributed by atoms with E-state index in [0.29, 0.717) is 0 Å². The highest BCUT2D eigenvalue weighted by Crippen LogP contribution is 2.14. The van der Waals surface area contributed by atoms with E-state index in [1.165, 1.54) is 4.62 Å². The van der Waals surface area contributed by atoms with Crippen molar-refractivity contribution in [3.63, 3.8) is 0 Å². The van der Waals surface area contributed by atoms with Crippen molar-refractivity contribution in [1.29, 1.82) is 0 Å². The van der Waals surface area contributed by atoms with E-state index in [-0.39, 0.29) is 0 Å². The Kier molecular flexibility index (Phi) is 1.69. The van der Waals surface area contributed by atoms with Crippen molar-refractivity contribution in [2.75, 3.05) is 0 Å². The lowest BCUT2D eigenvalue weighted by Gasteiger charge is -1.69. The van der Waals surface area contributed by atoms with Crippen LogP contribution >= 0.6 is 32.2 Å². The Balaban J connectivity index is 3.04. The van der Waals surface area contributed by atoms with Crippen LogP contribution in [0, 0.1) is 0 Å². The molecule has 1 rings (SSSR count). The smallest absolute Gasteiger partial charge is 0.0934 e. The first-order valence-corrected chi connectivity index (χ1v) is 3.57. The van der Waals surface area contributed by atoms with Gasteiger partial charge in [-0.1, -0.05) is 20.8 Å². The Morgan fingerprint density at radius 1 is 1.57 bits per heavy atom. The molecule has 0 aliphatic heterocycles. The van der Waals surface area contributed by atoms with Crippen molar-refractivity contribution in [2.45, 2.75) is 0 Å². The highest BCUT2D eigenvalue weighted by molar-refractivity contribution is 7.44. The van der Waals surface area contributed by atoms with Crippen LogP contribution < -0.4 is 4.62 Å². The summed E-state index contributed by atoms with van der Waals surface area (Å²) in [6, 6.07) is 3.85. The second kappa shape index (κ2) is 2.13. The number of hydrogen-bond donors (Lipinski definition) is 0. The van der Waals surface area contributed by atoms with Crippen molar-refractivity contribution in [1.82, 2.24) is 0 Å². The Labute approximate surface area is 53.7 Å². The second-order valence-electron chi connectivity index (χ2n) is 1.14. The minimum absolute atomic E-state index is 0.852. The highest BCUT2D eigenvalue weighted by atomic mass is 35.5. The third kappa shape index (κ3) is 1.41. The molecule has 0 amide bonds. The molecule has 0 fully saturated rings. The van der Waals surface area contributed by atoms with Crippen LogP contribution in [-0.4, -0.2) is 0 Å². The fourth-order valence-corrected chi connectivity index (χ4v) is 1.86. The first kappa shape index (κ1) is 5.55. The molecule has 38 valence electrons. The quantitative estimate of drug-likeness (QED) is 0.496. The summed E-state index contributed by atoms with van der Waals surface area (Å²) in [5, 5.41) is 0. The van der Waals surface area contributed by atoms with Crippen molar-refractivity contribution < 1.29 is 0 Å².